The van der Waals surface area contributed by atoms with Crippen LogP contribution in [0.15, 0.2) is 0 Å². The van der Waals surface area contributed by atoms with Gasteiger partial charge in [0.25, 0.3) is 0 Å². The quantitative estimate of drug-likeness (QED) is 0.657. The summed E-state index contributed by atoms with van der Waals surface area (Å²) in [6, 6.07) is 0. The first-order chi connectivity index (χ1) is 7.74. The van der Waals surface area contributed by atoms with E-state index >= 15 is 0 Å². The van der Waals surface area contributed by atoms with Crippen LogP contribution in [0.2, 0.25) is 0 Å². The Morgan fingerprint density at radius 2 is 1.25 bits per heavy atom. The number of hydrogen-bond acceptors (Lipinski definition) is 2. The Labute approximate surface area is 105 Å². The summed E-state index contributed by atoms with van der Waals surface area (Å²) in [6.45, 7) is 4.75. The molecular weight excluding hydrogens is 216 g/mol. The van der Waals surface area contributed by atoms with Gasteiger partial charge in [0.05, 0.1) is 6.10 Å². The number of hydrogen-bond donors (Lipinski definition) is 0. The van der Waals surface area contributed by atoms with Crippen molar-refractivity contribution in [1.29, 1.82) is 0 Å². The maximum absolute atomic E-state index is 6.02. The molecule has 0 aliphatic heterocycles. The van der Waals surface area contributed by atoms with Gasteiger partial charge in [0.15, 0.2) is 0 Å². The highest BCUT2D eigenvalue weighted by Gasteiger charge is 2.23. The molecule has 0 saturated heterocycles. The summed E-state index contributed by atoms with van der Waals surface area (Å²) < 4.78 is 6.02. The highest BCUT2D eigenvalue weighted by atomic mass is 32.2. The fraction of sp³-hybridized carbons (Fsp3) is 1.00. The SMILES string of the molecule is CC1CCC(OSC2CCC(C)CC2)CC1. The first kappa shape index (κ1) is 12.8. The Balaban J connectivity index is 1.60. The van der Waals surface area contributed by atoms with Crippen LogP contribution in [-0.2, 0) is 4.18 Å². The van der Waals surface area contributed by atoms with Gasteiger partial charge in [-0.3, -0.25) is 0 Å². The van der Waals surface area contributed by atoms with Crippen molar-refractivity contribution in [2.24, 2.45) is 11.8 Å². The molecule has 0 bridgehead atoms. The average Bonchev–Trinajstić information content (AvgIpc) is 2.30. The summed E-state index contributed by atoms with van der Waals surface area (Å²) in [5.41, 5.74) is 0. The van der Waals surface area contributed by atoms with E-state index in [0.717, 1.165) is 17.1 Å². The predicted octanol–water partition coefficient (Wildman–Crippen LogP) is 4.81. The van der Waals surface area contributed by atoms with Crippen LogP contribution in [0, 0.1) is 11.8 Å². The first-order valence-corrected chi connectivity index (χ1v) is 7.86. The molecule has 2 heteroatoms. The molecule has 0 amide bonds. The van der Waals surface area contributed by atoms with Crippen LogP contribution in [0.5, 0.6) is 0 Å². The molecule has 0 atom stereocenters. The lowest BCUT2D eigenvalue weighted by atomic mass is 9.89. The fourth-order valence-corrected chi connectivity index (χ4v) is 3.78. The van der Waals surface area contributed by atoms with Crippen molar-refractivity contribution in [3.05, 3.63) is 0 Å². The molecular formula is C14H26OS. The molecule has 0 radical (unpaired) electrons. The van der Waals surface area contributed by atoms with Crippen molar-refractivity contribution in [2.75, 3.05) is 0 Å². The van der Waals surface area contributed by atoms with Crippen LogP contribution in [-0.4, -0.2) is 11.4 Å². The van der Waals surface area contributed by atoms with E-state index in [0.29, 0.717) is 6.10 Å². The zero-order chi connectivity index (χ0) is 11.4. The zero-order valence-corrected chi connectivity index (χ0v) is 11.6. The van der Waals surface area contributed by atoms with E-state index in [4.69, 9.17) is 4.18 Å². The summed E-state index contributed by atoms with van der Waals surface area (Å²) in [5, 5.41) is 0.788. The largest absolute Gasteiger partial charge is 0.312 e. The normalized spacial score (nSPS) is 40.9. The minimum absolute atomic E-state index is 0.556. The molecule has 0 aromatic rings. The van der Waals surface area contributed by atoms with Crippen molar-refractivity contribution >= 4 is 12.0 Å². The second-order valence-corrected chi connectivity index (χ2v) is 7.01. The van der Waals surface area contributed by atoms with Crippen LogP contribution >= 0.6 is 12.0 Å². The van der Waals surface area contributed by atoms with E-state index in [1.54, 1.807) is 0 Å². The van der Waals surface area contributed by atoms with E-state index in [1.807, 2.05) is 12.0 Å². The molecule has 2 fully saturated rings. The van der Waals surface area contributed by atoms with Crippen molar-refractivity contribution in [2.45, 2.75) is 76.6 Å². The van der Waals surface area contributed by atoms with E-state index in [1.165, 1.54) is 51.4 Å². The molecule has 2 aliphatic carbocycles. The smallest absolute Gasteiger partial charge is 0.0722 e. The summed E-state index contributed by atoms with van der Waals surface area (Å²) in [5.74, 6) is 1.88. The topological polar surface area (TPSA) is 9.23 Å². The number of rotatable bonds is 3. The molecule has 0 unspecified atom stereocenters. The molecule has 16 heavy (non-hydrogen) atoms. The molecule has 0 aromatic carbocycles. The Hall–Kier alpha value is 0.310. The van der Waals surface area contributed by atoms with Gasteiger partial charge in [0.1, 0.15) is 0 Å². The van der Waals surface area contributed by atoms with Crippen LogP contribution in [0.4, 0.5) is 0 Å². The van der Waals surface area contributed by atoms with Crippen LogP contribution in [0.25, 0.3) is 0 Å². The maximum Gasteiger partial charge on any atom is 0.0722 e. The van der Waals surface area contributed by atoms with Crippen molar-refractivity contribution in [1.82, 2.24) is 0 Å². The minimum Gasteiger partial charge on any atom is -0.312 e. The van der Waals surface area contributed by atoms with Crippen molar-refractivity contribution < 1.29 is 4.18 Å². The fourth-order valence-electron chi connectivity index (χ4n) is 2.81. The third-order valence-electron chi connectivity index (χ3n) is 4.25. The Kier molecular flexibility index (Phi) is 5.02. The molecule has 0 aromatic heterocycles. The van der Waals surface area contributed by atoms with Crippen LogP contribution in [0.3, 0.4) is 0 Å². The molecule has 2 saturated carbocycles. The first-order valence-electron chi connectivity index (χ1n) is 7.06. The molecule has 1 nitrogen and oxygen atoms in total. The Morgan fingerprint density at radius 3 is 1.81 bits per heavy atom. The summed E-state index contributed by atoms with van der Waals surface area (Å²) in [6.07, 6.45) is 11.4. The van der Waals surface area contributed by atoms with E-state index in [9.17, 15) is 0 Å². The average molecular weight is 242 g/mol. The molecule has 2 aliphatic rings. The van der Waals surface area contributed by atoms with Gasteiger partial charge in [0.2, 0.25) is 0 Å². The minimum atomic E-state index is 0.556. The summed E-state index contributed by atoms with van der Waals surface area (Å²) >= 11 is 1.81. The highest BCUT2D eigenvalue weighted by Crippen LogP contribution is 2.35. The van der Waals surface area contributed by atoms with Gasteiger partial charge >= 0.3 is 0 Å². The Bertz CT molecular complexity index is 169. The maximum atomic E-state index is 6.02. The van der Waals surface area contributed by atoms with Crippen LogP contribution in [0.1, 0.15) is 65.2 Å². The molecule has 2 rings (SSSR count). The summed E-state index contributed by atoms with van der Waals surface area (Å²) in [4.78, 5) is 0. The van der Waals surface area contributed by atoms with Gasteiger partial charge < -0.3 is 4.18 Å². The van der Waals surface area contributed by atoms with Crippen LogP contribution < -0.4 is 0 Å². The van der Waals surface area contributed by atoms with E-state index < -0.39 is 0 Å². The van der Waals surface area contributed by atoms with Gasteiger partial charge in [-0.05, 0) is 75.2 Å². The molecule has 0 N–H and O–H groups in total. The monoisotopic (exact) mass is 242 g/mol. The standard InChI is InChI=1S/C14H26OS/c1-11-3-7-13(8-4-11)15-16-14-9-5-12(2)6-10-14/h11-14H,3-10H2,1-2H3. The van der Waals surface area contributed by atoms with Gasteiger partial charge in [-0.1, -0.05) is 13.8 Å². The lowest BCUT2D eigenvalue weighted by Crippen LogP contribution is -2.20. The van der Waals surface area contributed by atoms with Gasteiger partial charge in [-0.2, -0.15) is 0 Å². The summed E-state index contributed by atoms with van der Waals surface area (Å²) in [7, 11) is 0. The molecule has 94 valence electrons. The van der Waals surface area contributed by atoms with Gasteiger partial charge in [-0.25, -0.2) is 0 Å². The van der Waals surface area contributed by atoms with E-state index in [-0.39, 0.29) is 0 Å². The zero-order valence-electron chi connectivity index (χ0n) is 10.8. The van der Waals surface area contributed by atoms with Gasteiger partial charge in [0, 0.05) is 5.25 Å². The third-order valence-corrected chi connectivity index (χ3v) is 5.38. The third kappa shape index (κ3) is 3.96. The van der Waals surface area contributed by atoms with E-state index in [2.05, 4.69) is 13.8 Å². The molecule has 0 heterocycles. The molecule has 0 spiro atoms. The lowest BCUT2D eigenvalue weighted by Gasteiger charge is -2.29. The second kappa shape index (κ2) is 6.30. The predicted molar refractivity (Wildman–Crippen MR) is 71.5 cm³/mol. The highest BCUT2D eigenvalue weighted by molar-refractivity contribution is 7.95. The van der Waals surface area contributed by atoms with Crippen molar-refractivity contribution in [3.63, 3.8) is 0 Å². The lowest BCUT2D eigenvalue weighted by molar-refractivity contribution is 0.159. The van der Waals surface area contributed by atoms with Gasteiger partial charge in [-0.15, -0.1) is 0 Å². The second-order valence-electron chi connectivity index (χ2n) is 5.96. The van der Waals surface area contributed by atoms with Crippen molar-refractivity contribution in [3.8, 4) is 0 Å². The Morgan fingerprint density at radius 1 is 0.750 bits per heavy atom.